The number of rotatable bonds is 6. The van der Waals surface area contributed by atoms with Crippen LogP contribution < -0.4 is 10.9 Å². The number of phenolic OH excluding ortho intramolecular Hbond substituents is 1. The highest BCUT2D eigenvalue weighted by Crippen LogP contribution is 2.35. The Bertz CT molecular complexity index is 800. The van der Waals surface area contributed by atoms with Crippen LogP contribution in [0.3, 0.4) is 0 Å². The van der Waals surface area contributed by atoms with Gasteiger partial charge in [-0.25, -0.2) is 4.79 Å². The highest BCUT2D eigenvalue weighted by Gasteiger charge is 2.17. The molecule has 0 saturated carbocycles. The van der Waals surface area contributed by atoms with Crippen LogP contribution in [0.4, 0.5) is 0 Å². The van der Waals surface area contributed by atoms with Crippen LogP contribution in [0, 0.1) is 0 Å². The zero-order valence-electron chi connectivity index (χ0n) is 14.3. The Morgan fingerprint density at radius 1 is 1.32 bits per heavy atom. The maximum Gasteiger partial charge on any atom is 0.336 e. The van der Waals surface area contributed by atoms with Crippen LogP contribution in [0.2, 0.25) is 5.02 Å². The summed E-state index contributed by atoms with van der Waals surface area (Å²) in [6.07, 6.45) is 0.688. The van der Waals surface area contributed by atoms with Crippen LogP contribution in [0.5, 0.6) is 5.75 Å². The Balaban J connectivity index is 1.78. The monoisotopic (exact) mass is 366 g/mol. The molecule has 7 heteroatoms. The molecule has 3 rings (SSSR count). The largest absolute Gasteiger partial charge is 0.506 e. The van der Waals surface area contributed by atoms with Gasteiger partial charge in [0.1, 0.15) is 11.3 Å². The quantitative estimate of drug-likeness (QED) is 0.602. The number of hydrogen-bond acceptors (Lipinski definition) is 6. The van der Waals surface area contributed by atoms with Gasteiger partial charge in [0, 0.05) is 44.2 Å². The summed E-state index contributed by atoms with van der Waals surface area (Å²) in [5.74, 6) is -0.0376. The second kappa shape index (κ2) is 8.19. The molecule has 0 amide bonds. The Morgan fingerprint density at radius 3 is 2.80 bits per heavy atom. The molecule has 2 N–H and O–H groups in total. The molecule has 2 heterocycles. The van der Waals surface area contributed by atoms with Gasteiger partial charge in [0.15, 0.2) is 0 Å². The van der Waals surface area contributed by atoms with Crippen LogP contribution in [0.25, 0.3) is 11.0 Å². The van der Waals surface area contributed by atoms with Gasteiger partial charge in [0.05, 0.1) is 23.8 Å². The minimum absolute atomic E-state index is 0.0376. The normalized spacial score (nSPS) is 15.8. The zero-order chi connectivity index (χ0) is 17.8. The summed E-state index contributed by atoms with van der Waals surface area (Å²) >= 11 is 6.18. The van der Waals surface area contributed by atoms with E-state index in [1.807, 2.05) is 6.92 Å². The summed E-state index contributed by atoms with van der Waals surface area (Å²) in [5, 5.41) is 14.7. The summed E-state index contributed by atoms with van der Waals surface area (Å²) in [5.41, 5.74) is 1.38. The van der Waals surface area contributed by atoms with E-state index in [-0.39, 0.29) is 10.8 Å². The minimum Gasteiger partial charge on any atom is -0.506 e. The van der Waals surface area contributed by atoms with E-state index in [1.165, 1.54) is 6.07 Å². The Hall–Kier alpha value is -1.60. The van der Waals surface area contributed by atoms with Gasteiger partial charge in [-0.15, -0.1) is 0 Å². The number of hydrogen-bond donors (Lipinski definition) is 2. The average molecular weight is 367 g/mol. The third-order valence-corrected chi connectivity index (χ3v) is 4.82. The first-order chi connectivity index (χ1) is 12.1. The van der Waals surface area contributed by atoms with Gasteiger partial charge in [0.2, 0.25) is 0 Å². The predicted octanol–water partition coefficient (Wildman–Crippen LogP) is 2.14. The number of nitrogens with one attached hydrogen (secondary N) is 1. The molecule has 0 bridgehead atoms. The fourth-order valence-corrected chi connectivity index (χ4v) is 3.34. The highest BCUT2D eigenvalue weighted by molar-refractivity contribution is 6.33. The van der Waals surface area contributed by atoms with Crippen LogP contribution >= 0.6 is 11.6 Å². The fourth-order valence-electron chi connectivity index (χ4n) is 3.11. The topological polar surface area (TPSA) is 74.9 Å². The molecule has 0 aliphatic carbocycles. The minimum atomic E-state index is -0.416. The number of morpholine rings is 1. The number of aryl methyl sites for hydroxylation is 1. The van der Waals surface area contributed by atoms with Gasteiger partial charge in [-0.1, -0.05) is 18.5 Å². The van der Waals surface area contributed by atoms with Crippen molar-refractivity contribution in [3.63, 3.8) is 0 Å². The van der Waals surface area contributed by atoms with E-state index in [2.05, 4.69) is 10.2 Å². The lowest BCUT2D eigenvalue weighted by Gasteiger charge is -2.26. The maximum absolute atomic E-state index is 11.8. The summed E-state index contributed by atoms with van der Waals surface area (Å²) in [6, 6.07) is 3.14. The molecule has 1 aliphatic rings. The smallest absolute Gasteiger partial charge is 0.336 e. The molecule has 1 saturated heterocycles. The van der Waals surface area contributed by atoms with Gasteiger partial charge < -0.3 is 19.6 Å². The summed E-state index contributed by atoms with van der Waals surface area (Å²) in [6.45, 7) is 7.40. The molecule has 1 aromatic carbocycles. The Morgan fingerprint density at radius 2 is 2.08 bits per heavy atom. The van der Waals surface area contributed by atoms with Crippen molar-refractivity contribution in [1.29, 1.82) is 0 Å². The first-order valence-electron chi connectivity index (χ1n) is 8.58. The molecular formula is C18H23ClN2O4. The van der Waals surface area contributed by atoms with E-state index < -0.39 is 5.63 Å². The lowest BCUT2D eigenvalue weighted by molar-refractivity contribution is 0.0384. The standard InChI is InChI=1S/C18H23ClN2O4/c1-2-12-9-16(22)25-18-13(12)10-15(19)17(23)14(18)11-20-3-4-21-5-7-24-8-6-21/h9-10,20,23H,2-8,11H2,1H3. The van der Waals surface area contributed by atoms with Crippen LogP contribution in [0.1, 0.15) is 18.1 Å². The molecule has 136 valence electrons. The third kappa shape index (κ3) is 4.15. The van der Waals surface area contributed by atoms with Crippen molar-refractivity contribution in [2.24, 2.45) is 0 Å². The van der Waals surface area contributed by atoms with Gasteiger partial charge in [-0.05, 0) is 18.1 Å². The number of ether oxygens (including phenoxy) is 1. The third-order valence-electron chi connectivity index (χ3n) is 4.53. The molecule has 1 fully saturated rings. The molecule has 2 aromatic rings. The van der Waals surface area contributed by atoms with E-state index in [9.17, 15) is 9.90 Å². The van der Waals surface area contributed by atoms with E-state index in [0.717, 1.165) is 50.3 Å². The number of aromatic hydroxyl groups is 1. The van der Waals surface area contributed by atoms with E-state index in [1.54, 1.807) is 6.07 Å². The number of phenols is 1. The SMILES string of the molecule is CCc1cc(=O)oc2c(CNCCN3CCOCC3)c(O)c(Cl)cc12. The second-order valence-electron chi connectivity index (χ2n) is 6.14. The Labute approximate surface area is 151 Å². The molecule has 6 nitrogen and oxygen atoms in total. The van der Waals surface area contributed by atoms with Crippen molar-refractivity contribution in [3.05, 3.63) is 38.7 Å². The molecule has 0 radical (unpaired) electrons. The van der Waals surface area contributed by atoms with Crippen molar-refractivity contribution in [2.75, 3.05) is 39.4 Å². The van der Waals surface area contributed by atoms with Gasteiger partial charge >= 0.3 is 5.63 Å². The van der Waals surface area contributed by atoms with Crippen LogP contribution in [-0.2, 0) is 17.7 Å². The average Bonchev–Trinajstić information content (AvgIpc) is 2.62. The molecule has 1 aromatic heterocycles. The molecule has 0 unspecified atom stereocenters. The fraction of sp³-hybridized carbons (Fsp3) is 0.500. The maximum atomic E-state index is 11.8. The highest BCUT2D eigenvalue weighted by atomic mass is 35.5. The van der Waals surface area contributed by atoms with Gasteiger partial charge in [-0.2, -0.15) is 0 Å². The van der Waals surface area contributed by atoms with Crippen LogP contribution in [0.15, 0.2) is 21.3 Å². The van der Waals surface area contributed by atoms with Crippen molar-refractivity contribution in [2.45, 2.75) is 19.9 Å². The number of fused-ring (bicyclic) bond motifs is 1. The van der Waals surface area contributed by atoms with E-state index in [4.69, 9.17) is 20.8 Å². The molecule has 0 spiro atoms. The van der Waals surface area contributed by atoms with Gasteiger partial charge in [0.25, 0.3) is 0 Å². The number of benzene rings is 1. The van der Waals surface area contributed by atoms with Crippen molar-refractivity contribution in [1.82, 2.24) is 10.2 Å². The molecular weight excluding hydrogens is 344 g/mol. The number of nitrogens with zero attached hydrogens (tertiary/aromatic N) is 1. The van der Waals surface area contributed by atoms with Crippen molar-refractivity contribution in [3.8, 4) is 5.75 Å². The summed E-state index contributed by atoms with van der Waals surface area (Å²) in [7, 11) is 0. The van der Waals surface area contributed by atoms with Gasteiger partial charge in [-0.3, -0.25) is 4.90 Å². The Kier molecular flexibility index (Phi) is 5.96. The van der Waals surface area contributed by atoms with Crippen LogP contribution in [-0.4, -0.2) is 49.4 Å². The van der Waals surface area contributed by atoms with Crippen molar-refractivity contribution >= 4 is 22.6 Å². The predicted molar refractivity (Wildman–Crippen MR) is 97.5 cm³/mol. The molecule has 0 atom stereocenters. The molecule has 1 aliphatic heterocycles. The van der Waals surface area contributed by atoms with E-state index >= 15 is 0 Å². The summed E-state index contributed by atoms with van der Waals surface area (Å²) in [4.78, 5) is 14.1. The zero-order valence-corrected chi connectivity index (χ0v) is 15.1. The lowest BCUT2D eigenvalue weighted by atomic mass is 10.0. The first-order valence-corrected chi connectivity index (χ1v) is 8.95. The first kappa shape index (κ1) is 18.2. The molecule has 25 heavy (non-hydrogen) atoms. The number of halogens is 1. The van der Waals surface area contributed by atoms with E-state index in [0.29, 0.717) is 24.1 Å². The lowest BCUT2D eigenvalue weighted by Crippen LogP contribution is -2.40. The summed E-state index contributed by atoms with van der Waals surface area (Å²) < 4.78 is 10.7. The van der Waals surface area contributed by atoms with Crippen molar-refractivity contribution < 1.29 is 14.3 Å². The second-order valence-corrected chi connectivity index (χ2v) is 6.54.